The van der Waals surface area contributed by atoms with E-state index in [0.29, 0.717) is 42.8 Å². The summed E-state index contributed by atoms with van der Waals surface area (Å²) in [6.45, 7) is 4.53. The fraction of sp³-hybridized carbons (Fsp3) is 0.333. The molecule has 2 heterocycles. The number of fused-ring (bicyclic) bond motifs is 3. The second-order valence-electron chi connectivity index (χ2n) is 7.84. The zero-order valence-electron chi connectivity index (χ0n) is 17.9. The Morgan fingerprint density at radius 2 is 1.77 bits per heavy atom. The molecule has 160 valence electrons. The van der Waals surface area contributed by atoms with Crippen LogP contribution in [0.1, 0.15) is 38.1 Å². The van der Waals surface area contributed by atoms with Crippen molar-refractivity contribution in [3.8, 4) is 0 Å². The van der Waals surface area contributed by atoms with Gasteiger partial charge in [0.2, 0.25) is 11.7 Å². The Morgan fingerprint density at radius 3 is 2.55 bits per heavy atom. The first-order valence-corrected chi connectivity index (χ1v) is 10.8. The van der Waals surface area contributed by atoms with Crippen LogP contribution in [0.15, 0.2) is 59.4 Å². The monoisotopic (exact) mass is 417 g/mol. The van der Waals surface area contributed by atoms with Crippen LogP contribution in [0.5, 0.6) is 0 Å². The number of amides is 1. The predicted molar refractivity (Wildman–Crippen MR) is 121 cm³/mol. The predicted octanol–water partition coefficient (Wildman–Crippen LogP) is 3.13. The molecule has 7 nitrogen and oxygen atoms in total. The van der Waals surface area contributed by atoms with Crippen molar-refractivity contribution in [3.05, 3.63) is 76.3 Å². The molecule has 7 heteroatoms. The third-order valence-electron chi connectivity index (χ3n) is 5.64. The number of benzene rings is 2. The van der Waals surface area contributed by atoms with Crippen LogP contribution in [0.4, 0.5) is 0 Å². The van der Waals surface area contributed by atoms with Crippen molar-refractivity contribution < 1.29 is 4.79 Å². The van der Waals surface area contributed by atoms with Gasteiger partial charge in [-0.25, -0.2) is 0 Å². The van der Waals surface area contributed by atoms with Crippen LogP contribution in [0.3, 0.4) is 0 Å². The average Bonchev–Trinajstić information content (AvgIpc) is 3.22. The number of para-hydroxylation sites is 1. The molecule has 0 fully saturated rings. The third-order valence-corrected chi connectivity index (χ3v) is 5.64. The Kier molecular flexibility index (Phi) is 6.11. The second-order valence-corrected chi connectivity index (χ2v) is 7.84. The van der Waals surface area contributed by atoms with E-state index in [9.17, 15) is 9.59 Å². The number of carbonyl (C=O) groups is 1. The molecular weight excluding hydrogens is 390 g/mol. The van der Waals surface area contributed by atoms with Crippen molar-refractivity contribution in [2.24, 2.45) is 0 Å². The minimum Gasteiger partial charge on any atom is -0.354 e. The molecule has 0 aliphatic carbocycles. The van der Waals surface area contributed by atoms with E-state index in [2.05, 4.69) is 27.6 Å². The number of aromatic nitrogens is 4. The number of hydrogen-bond acceptors (Lipinski definition) is 4. The lowest BCUT2D eigenvalue weighted by atomic mass is 10.1. The molecule has 4 aromatic rings. The van der Waals surface area contributed by atoms with Gasteiger partial charge in [0.1, 0.15) is 5.82 Å². The quantitative estimate of drug-likeness (QED) is 0.478. The molecular formula is C24H27N5O2. The van der Waals surface area contributed by atoms with Crippen LogP contribution in [-0.2, 0) is 24.2 Å². The second kappa shape index (κ2) is 9.12. The zero-order chi connectivity index (χ0) is 21.8. The van der Waals surface area contributed by atoms with Crippen molar-refractivity contribution in [1.82, 2.24) is 24.5 Å². The maximum Gasteiger partial charge on any atom is 0.262 e. The molecule has 1 amide bonds. The minimum atomic E-state index is -0.0764. The van der Waals surface area contributed by atoms with E-state index < -0.39 is 0 Å². The van der Waals surface area contributed by atoms with Gasteiger partial charge >= 0.3 is 0 Å². The molecule has 0 spiro atoms. The van der Waals surface area contributed by atoms with Gasteiger partial charge in [0.15, 0.2) is 0 Å². The van der Waals surface area contributed by atoms with E-state index in [-0.39, 0.29) is 17.5 Å². The van der Waals surface area contributed by atoms with E-state index in [1.54, 1.807) is 4.57 Å². The maximum absolute atomic E-state index is 13.2. The summed E-state index contributed by atoms with van der Waals surface area (Å²) in [5.74, 6) is 1.18. The van der Waals surface area contributed by atoms with Gasteiger partial charge in [0.25, 0.3) is 5.56 Å². The first-order chi connectivity index (χ1) is 15.1. The molecule has 1 N–H and O–H groups in total. The number of nitrogens with one attached hydrogen (secondary N) is 1. The van der Waals surface area contributed by atoms with E-state index in [4.69, 9.17) is 0 Å². The summed E-state index contributed by atoms with van der Waals surface area (Å²) in [6.07, 6.45) is 2.37. The Hall–Kier alpha value is -3.48. The SMILES string of the molecule is CCC(C)NC(=O)CCc1nnc2n(CCc3ccccc3)c(=O)c3ccccc3n12. The van der Waals surface area contributed by atoms with Crippen LogP contribution >= 0.6 is 0 Å². The summed E-state index contributed by atoms with van der Waals surface area (Å²) in [5, 5.41) is 12.3. The van der Waals surface area contributed by atoms with Crippen molar-refractivity contribution in [2.75, 3.05) is 0 Å². The lowest BCUT2D eigenvalue weighted by Crippen LogP contribution is -2.32. The van der Waals surface area contributed by atoms with Crippen molar-refractivity contribution in [2.45, 2.75) is 52.1 Å². The van der Waals surface area contributed by atoms with Gasteiger partial charge in [-0.3, -0.25) is 18.6 Å². The number of hydrogen-bond donors (Lipinski definition) is 1. The summed E-state index contributed by atoms with van der Waals surface area (Å²) in [6, 6.07) is 17.7. The molecule has 1 unspecified atom stereocenters. The first kappa shape index (κ1) is 20.8. The minimum absolute atomic E-state index is 0.00666. The Balaban J connectivity index is 1.70. The summed E-state index contributed by atoms with van der Waals surface area (Å²) in [4.78, 5) is 25.5. The van der Waals surface area contributed by atoms with Crippen LogP contribution < -0.4 is 10.9 Å². The Labute approximate surface area is 180 Å². The van der Waals surface area contributed by atoms with Crippen LogP contribution in [0.2, 0.25) is 0 Å². The summed E-state index contributed by atoms with van der Waals surface area (Å²) < 4.78 is 3.60. The molecule has 4 rings (SSSR count). The zero-order valence-corrected chi connectivity index (χ0v) is 17.9. The Bertz CT molecular complexity index is 1260. The van der Waals surface area contributed by atoms with Crippen molar-refractivity contribution >= 4 is 22.6 Å². The van der Waals surface area contributed by atoms with Gasteiger partial charge < -0.3 is 5.32 Å². The highest BCUT2D eigenvalue weighted by molar-refractivity contribution is 5.80. The largest absolute Gasteiger partial charge is 0.354 e. The molecule has 0 saturated heterocycles. The molecule has 2 aromatic heterocycles. The Morgan fingerprint density at radius 1 is 1.03 bits per heavy atom. The highest BCUT2D eigenvalue weighted by atomic mass is 16.1. The highest BCUT2D eigenvalue weighted by Crippen LogP contribution is 2.16. The summed E-state index contributed by atoms with van der Waals surface area (Å²) in [5.41, 5.74) is 1.84. The van der Waals surface area contributed by atoms with Gasteiger partial charge in [0, 0.05) is 25.4 Å². The molecule has 0 radical (unpaired) electrons. The lowest BCUT2D eigenvalue weighted by Gasteiger charge is -2.12. The van der Waals surface area contributed by atoms with E-state index in [1.165, 1.54) is 0 Å². The van der Waals surface area contributed by atoms with Crippen LogP contribution in [0, 0.1) is 0 Å². The highest BCUT2D eigenvalue weighted by Gasteiger charge is 2.17. The maximum atomic E-state index is 13.2. The van der Waals surface area contributed by atoms with Crippen molar-refractivity contribution in [1.29, 1.82) is 0 Å². The molecule has 0 aliphatic heterocycles. The van der Waals surface area contributed by atoms with Crippen LogP contribution in [-0.4, -0.2) is 31.1 Å². The molecule has 0 aliphatic rings. The van der Waals surface area contributed by atoms with Gasteiger partial charge in [-0.1, -0.05) is 49.4 Å². The summed E-state index contributed by atoms with van der Waals surface area (Å²) >= 11 is 0. The van der Waals surface area contributed by atoms with Gasteiger partial charge in [0.05, 0.1) is 10.9 Å². The van der Waals surface area contributed by atoms with Gasteiger partial charge in [-0.15, -0.1) is 10.2 Å². The van der Waals surface area contributed by atoms with E-state index >= 15 is 0 Å². The standard InChI is InChI=1S/C24H27N5O2/c1-3-17(2)25-22(30)14-13-21-26-27-24-28(16-15-18-9-5-4-6-10-18)23(31)19-11-7-8-12-20(19)29(21)24/h4-12,17H,3,13-16H2,1-2H3,(H,25,30). The number of aryl methyl sites for hydroxylation is 3. The molecule has 0 bridgehead atoms. The molecule has 1 atom stereocenters. The fourth-order valence-corrected chi connectivity index (χ4v) is 3.74. The van der Waals surface area contributed by atoms with Crippen LogP contribution in [0.25, 0.3) is 16.7 Å². The lowest BCUT2D eigenvalue weighted by molar-refractivity contribution is -0.121. The van der Waals surface area contributed by atoms with Gasteiger partial charge in [-0.2, -0.15) is 0 Å². The topological polar surface area (TPSA) is 81.3 Å². The van der Waals surface area contributed by atoms with Gasteiger partial charge in [-0.05, 0) is 37.5 Å². The first-order valence-electron chi connectivity index (χ1n) is 10.8. The average molecular weight is 418 g/mol. The molecule has 31 heavy (non-hydrogen) atoms. The molecule has 2 aromatic carbocycles. The summed E-state index contributed by atoms with van der Waals surface area (Å²) in [7, 11) is 0. The number of carbonyl (C=O) groups excluding carboxylic acids is 1. The number of rotatable bonds is 8. The smallest absolute Gasteiger partial charge is 0.262 e. The normalized spacial score (nSPS) is 12.3. The number of nitrogens with zero attached hydrogens (tertiary/aromatic N) is 4. The fourth-order valence-electron chi connectivity index (χ4n) is 3.74. The van der Waals surface area contributed by atoms with E-state index in [1.807, 2.05) is 60.7 Å². The third kappa shape index (κ3) is 4.35. The molecule has 0 saturated carbocycles. The van der Waals surface area contributed by atoms with E-state index in [0.717, 1.165) is 17.5 Å². The van der Waals surface area contributed by atoms with Crippen molar-refractivity contribution in [3.63, 3.8) is 0 Å².